The Kier molecular flexibility index (Phi) is 7.46. The summed E-state index contributed by atoms with van der Waals surface area (Å²) in [7, 11) is 0. The summed E-state index contributed by atoms with van der Waals surface area (Å²) in [5, 5.41) is 8.43. The molecule has 30 heavy (non-hydrogen) atoms. The summed E-state index contributed by atoms with van der Waals surface area (Å²) >= 11 is 1.20. The third kappa shape index (κ3) is 6.88. The largest absolute Gasteiger partial charge is 0.349 e. The maximum Gasteiger partial charge on any atom is 0.234 e. The number of amides is 3. The summed E-state index contributed by atoms with van der Waals surface area (Å²) in [5.41, 5.74) is 2.18. The number of benzene rings is 2. The van der Waals surface area contributed by atoms with Gasteiger partial charge in [0.05, 0.1) is 17.5 Å². The first-order chi connectivity index (χ1) is 14.4. The van der Waals surface area contributed by atoms with Crippen LogP contribution in [-0.4, -0.2) is 29.2 Å². The van der Waals surface area contributed by atoms with Gasteiger partial charge in [-0.2, -0.15) is 0 Å². The molecule has 0 spiro atoms. The molecule has 158 valence electrons. The van der Waals surface area contributed by atoms with Crippen molar-refractivity contribution in [2.75, 3.05) is 22.1 Å². The van der Waals surface area contributed by atoms with Crippen LogP contribution in [0.25, 0.3) is 0 Å². The van der Waals surface area contributed by atoms with Gasteiger partial charge in [-0.05, 0) is 61.7 Å². The van der Waals surface area contributed by atoms with Crippen LogP contribution < -0.4 is 16.0 Å². The summed E-state index contributed by atoms with van der Waals surface area (Å²) in [6, 6.07) is 12.7. The van der Waals surface area contributed by atoms with E-state index in [1.807, 2.05) is 31.2 Å². The minimum Gasteiger partial charge on any atom is -0.349 e. The fourth-order valence-corrected chi connectivity index (χ4v) is 3.41. The van der Waals surface area contributed by atoms with E-state index >= 15 is 0 Å². The lowest BCUT2D eigenvalue weighted by Gasteiger charge is -2.15. The van der Waals surface area contributed by atoms with Crippen molar-refractivity contribution in [3.05, 3.63) is 59.9 Å². The second-order valence-corrected chi connectivity index (χ2v) is 8.21. The van der Waals surface area contributed by atoms with Crippen molar-refractivity contribution in [1.29, 1.82) is 0 Å². The monoisotopic (exact) mass is 429 g/mol. The van der Waals surface area contributed by atoms with Crippen molar-refractivity contribution in [2.24, 2.45) is 5.92 Å². The lowest BCUT2D eigenvalue weighted by Crippen LogP contribution is -2.28. The van der Waals surface area contributed by atoms with E-state index in [4.69, 9.17) is 0 Å². The SMILES string of the molecule is CC(NC(=O)CSCC(=O)Nc1ccc(F)cc1)c1ccc(NC(=O)C2CC2)cc1. The smallest absolute Gasteiger partial charge is 0.234 e. The van der Waals surface area contributed by atoms with E-state index in [-0.39, 0.29) is 47.0 Å². The van der Waals surface area contributed by atoms with Crippen LogP contribution in [0.15, 0.2) is 48.5 Å². The van der Waals surface area contributed by atoms with Crippen molar-refractivity contribution in [2.45, 2.75) is 25.8 Å². The summed E-state index contributed by atoms with van der Waals surface area (Å²) in [5.74, 6) is -0.316. The van der Waals surface area contributed by atoms with Gasteiger partial charge in [0.2, 0.25) is 17.7 Å². The van der Waals surface area contributed by atoms with Gasteiger partial charge in [0, 0.05) is 17.3 Å². The van der Waals surface area contributed by atoms with Crippen LogP contribution in [0.4, 0.5) is 15.8 Å². The molecule has 0 bridgehead atoms. The van der Waals surface area contributed by atoms with Crippen LogP contribution in [0.5, 0.6) is 0 Å². The van der Waals surface area contributed by atoms with Crippen molar-refractivity contribution in [3.63, 3.8) is 0 Å². The molecule has 0 aromatic heterocycles. The van der Waals surface area contributed by atoms with Gasteiger partial charge in [0.15, 0.2) is 0 Å². The first kappa shape index (κ1) is 21.8. The average Bonchev–Trinajstić information content (AvgIpc) is 3.55. The van der Waals surface area contributed by atoms with E-state index in [0.29, 0.717) is 5.69 Å². The molecular formula is C22H24FN3O3S. The molecule has 0 saturated heterocycles. The molecule has 1 unspecified atom stereocenters. The third-order valence-corrected chi connectivity index (χ3v) is 5.53. The molecule has 3 N–H and O–H groups in total. The van der Waals surface area contributed by atoms with Crippen LogP contribution in [-0.2, 0) is 14.4 Å². The van der Waals surface area contributed by atoms with Gasteiger partial charge in [-0.3, -0.25) is 14.4 Å². The summed E-state index contributed by atoms with van der Waals surface area (Å²) < 4.78 is 12.9. The number of anilines is 2. The maximum absolute atomic E-state index is 12.9. The molecule has 8 heteroatoms. The van der Waals surface area contributed by atoms with E-state index in [2.05, 4.69) is 16.0 Å². The zero-order valence-electron chi connectivity index (χ0n) is 16.6. The molecule has 3 rings (SSSR count). The first-order valence-corrected chi connectivity index (χ1v) is 10.9. The van der Waals surface area contributed by atoms with Gasteiger partial charge in [0.1, 0.15) is 5.82 Å². The molecule has 1 aliphatic rings. The molecule has 1 saturated carbocycles. The molecule has 1 fully saturated rings. The zero-order valence-corrected chi connectivity index (χ0v) is 17.4. The van der Waals surface area contributed by atoms with Gasteiger partial charge < -0.3 is 16.0 Å². The molecular weight excluding hydrogens is 405 g/mol. The Balaban J connectivity index is 1.37. The highest BCUT2D eigenvalue weighted by Gasteiger charge is 2.29. The lowest BCUT2D eigenvalue weighted by molar-refractivity contribution is -0.119. The van der Waals surface area contributed by atoms with Crippen LogP contribution >= 0.6 is 11.8 Å². The van der Waals surface area contributed by atoms with E-state index in [1.165, 1.54) is 36.0 Å². The Morgan fingerprint density at radius 1 is 0.933 bits per heavy atom. The highest BCUT2D eigenvalue weighted by atomic mass is 32.2. The van der Waals surface area contributed by atoms with Crippen LogP contribution in [0.2, 0.25) is 0 Å². The number of nitrogens with one attached hydrogen (secondary N) is 3. The van der Waals surface area contributed by atoms with Crippen molar-refractivity contribution in [3.8, 4) is 0 Å². The minimum atomic E-state index is -0.370. The van der Waals surface area contributed by atoms with Crippen molar-refractivity contribution >= 4 is 40.9 Å². The standard InChI is InChI=1S/C22H24FN3O3S/c1-14(15-4-8-19(9-5-15)26-22(29)16-2-3-16)24-20(27)12-30-13-21(28)25-18-10-6-17(23)7-11-18/h4-11,14,16H,2-3,12-13H2,1H3,(H,24,27)(H,25,28)(H,26,29). The maximum atomic E-state index is 12.9. The number of halogens is 1. The molecule has 1 aliphatic carbocycles. The summed E-state index contributed by atoms with van der Waals surface area (Å²) in [4.78, 5) is 35.8. The van der Waals surface area contributed by atoms with E-state index in [1.54, 1.807) is 0 Å². The topological polar surface area (TPSA) is 87.3 Å². The number of hydrogen-bond donors (Lipinski definition) is 3. The highest BCUT2D eigenvalue weighted by molar-refractivity contribution is 8.00. The molecule has 6 nitrogen and oxygen atoms in total. The Bertz CT molecular complexity index is 899. The van der Waals surface area contributed by atoms with Gasteiger partial charge in [0.25, 0.3) is 0 Å². The van der Waals surface area contributed by atoms with E-state index in [0.717, 1.165) is 24.1 Å². The van der Waals surface area contributed by atoms with E-state index in [9.17, 15) is 18.8 Å². The van der Waals surface area contributed by atoms with Crippen molar-refractivity contribution in [1.82, 2.24) is 5.32 Å². The van der Waals surface area contributed by atoms with Gasteiger partial charge in [-0.25, -0.2) is 4.39 Å². The highest BCUT2D eigenvalue weighted by Crippen LogP contribution is 2.30. The predicted molar refractivity (Wildman–Crippen MR) is 117 cm³/mol. The van der Waals surface area contributed by atoms with Crippen molar-refractivity contribution < 1.29 is 18.8 Å². The fourth-order valence-electron chi connectivity index (χ4n) is 2.78. The Morgan fingerprint density at radius 2 is 1.50 bits per heavy atom. The zero-order chi connectivity index (χ0) is 21.5. The predicted octanol–water partition coefficient (Wildman–Crippen LogP) is 3.72. The van der Waals surface area contributed by atoms with Crippen LogP contribution in [0, 0.1) is 11.7 Å². The Hall–Kier alpha value is -2.87. The van der Waals surface area contributed by atoms with Gasteiger partial charge in [-0.15, -0.1) is 11.8 Å². The van der Waals surface area contributed by atoms with Crippen LogP contribution in [0.1, 0.15) is 31.4 Å². The first-order valence-electron chi connectivity index (χ1n) is 9.74. The Labute approximate surface area is 179 Å². The van der Waals surface area contributed by atoms with Crippen LogP contribution in [0.3, 0.4) is 0 Å². The molecule has 0 aliphatic heterocycles. The molecule has 2 aromatic carbocycles. The molecule has 3 amide bonds. The van der Waals surface area contributed by atoms with Gasteiger partial charge >= 0.3 is 0 Å². The summed E-state index contributed by atoms with van der Waals surface area (Å²) in [6.45, 7) is 1.88. The number of carbonyl (C=O) groups excluding carboxylic acids is 3. The second-order valence-electron chi connectivity index (χ2n) is 7.22. The minimum absolute atomic E-state index is 0.0598. The fraction of sp³-hybridized carbons (Fsp3) is 0.318. The summed E-state index contributed by atoms with van der Waals surface area (Å²) in [6.07, 6.45) is 1.91. The normalized spacial score (nSPS) is 13.9. The average molecular weight is 430 g/mol. The lowest BCUT2D eigenvalue weighted by atomic mass is 10.1. The number of rotatable bonds is 9. The Morgan fingerprint density at radius 3 is 2.13 bits per heavy atom. The van der Waals surface area contributed by atoms with Gasteiger partial charge in [-0.1, -0.05) is 12.1 Å². The second kappa shape index (κ2) is 10.2. The number of hydrogen-bond acceptors (Lipinski definition) is 4. The number of carbonyl (C=O) groups is 3. The molecule has 0 radical (unpaired) electrons. The van der Waals surface area contributed by atoms with E-state index < -0.39 is 0 Å². The number of thioether (sulfide) groups is 1. The molecule has 0 heterocycles. The molecule has 1 atom stereocenters. The third-order valence-electron chi connectivity index (χ3n) is 4.60. The molecule has 2 aromatic rings. The quantitative estimate of drug-likeness (QED) is 0.567.